The van der Waals surface area contributed by atoms with Crippen molar-refractivity contribution in [2.24, 2.45) is 17.1 Å². The van der Waals surface area contributed by atoms with E-state index in [1.165, 1.54) is 0 Å². The average molecular weight is 173 g/mol. The normalized spacial score (nSPS) is 15.2. The van der Waals surface area contributed by atoms with Gasteiger partial charge in [-0.2, -0.15) is 0 Å². The molecule has 0 fully saturated rings. The van der Waals surface area contributed by atoms with Gasteiger partial charge in [-0.1, -0.05) is 34.6 Å². The van der Waals surface area contributed by atoms with Crippen molar-refractivity contribution in [3.05, 3.63) is 0 Å². The Morgan fingerprint density at radius 1 is 1.17 bits per heavy atom. The molecule has 0 aromatic rings. The Kier molecular flexibility index (Phi) is 4.80. The predicted molar refractivity (Wildman–Crippen MR) is 53.1 cm³/mol. The Morgan fingerprint density at radius 3 is 2.00 bits per heavy atom. The van der Waals surface area contributed by atoms with Gasteiger partial charge in [-0.15, -0.1) is 0 Å². The third-order valence-corrected chi connectivity index (χ3v) is 1.86. The van der Waals surface area contributed by atoms with Crippen molar-refractivity contribution >= 4 is 0 Å². The van der Waals surface area contributed by atoms with Gasteiger partial charge >= 0.3 is 0 Å². The second-order valence-corrected chi connectivity index (χ2v) is 4.90. The van der Waals surface area contributed by atoms with Gasteiger partial charge in [0.15, 0.2) is 0 Å². The van der Waals surface area contributed by atoms with Crippen LogP contribution in [0.5, 0.6) is 0 Å². The number of rotatable bonds is 4. The molecular formula is C10H23NO. The minimum atomic E-state index is 0.135. The molecule has 0 aliphatic heterocycles. The first kappa shape index (κ1) is 11.9. The van der Waals surface area contributed by atoms with Crippen molar-refractivity contribution in [1.29, 1.82) is 0 Å². The highest BCUT2D eigenvalue weighted by Gasteiger charge is 2.20. The van der Waals surface area contributed by atoms with E-state index in [0.29, 0.717) is 12.5 Å². The number of nitrogens with two attached hydrogens (primary N) is 1. The van der Waals surface area contributed by atoms with Crippen LogP contribution in [0.1, 0.15) is 34.6 Å². The maximum Gasteiger partial charge on any atom is 0.0622 e. The number of hydrogen-bond donors (Lipinski definition) is 1. The number of ether oxygens (including phenoxy) is 1. The lowest BCUT2D eigenvalue weighted by Gasteiger charge is -2.26. The van der Waals surface area contributed by atoms with Gasteiger partial charge in [-0.3, -0.25) is 0 Å². The van der Waals surface area contributed by atoms with Gasteiger partial charge in [-0.05, 0) is 11.3 Å². The minimum absolute atomic E-state index is 0.135. The van der Waals surface area contributed by atoms with E-state index in [2.05, 4.69) is 34.6 Å². The Bertz CT molecular complexity index is 115. The first-order valence-corrected chi connectivity index (χ1v) is 4.67. The van der Waals surface area contributed by atoms with Crippen molar-refractivity contribution < 1.29 is 4.74 Å². The first-order valence-electron chi connectivity index (χ1n) is 4.67. The lowest BCUT2D eigenvalue weighted by molar-refractivity contribution is 0.0728. The van der Waals surface area contributed by atoms with Gasteiger partial charge < -0.3 is 10.5 Å². The van der Waals surface area contributed by atoms with Crippen LogP contribution in [0.25, 0.3) is 0 Å². The van der Waals surface area contributed by atoms with E-state index in [1.807, 2.05) is 0 Å². The first-order chi connectivity index (χ1) is 5.34. The van der Waals surface area contributed by atoms with Gasteiger partial charge in [-0.25, -0.2) is 0 Å². The topological polar surface area (TPSA) is 35.2 Å². The summed E-state index contributed by atoms with van der Waals surface area (Å²) in [5, 5.41) is 0. The predicted octanol–water partition coefficient (Wildman–Crippen LogP) is 2.03. The van der Waals surface area contributed by atoms with Crippen LogP contribution >= 0.6 is 0 Å². The fourth-order valence-electron chi connectivity index (χ4n) is 0.681. The average Bonchev–Trinajstić information content (AvgIpc) is 1.84. The number of hydrogen-bond acceptors (Lipinski definition) is 2. The molecule has 1 atom stereocenters. The Labute approximate surface area is 76.5 Å². The van der Waals surface area contributed by atoms with Crippen molar-refractivity contribution in [1.82, 2.24) is 0 Å². The zero-order chi connectivity index (χ0) is 9.78. The summed E-state index contributed by atoms with van der Waals surface area (Å²) in [7, 11) is 0. The second kappa shape index (κ2) is 4.83. The van der Waals surface area contributed by atoms with Gasteiger partial charge in [0, 0.05) is 12.6 Å². The highest BCUT2D eigenvalue weighted by atomic mass is 16.5. The molecule has 0 rings (SSSR count). The van der Waals surface area contributed by atoms with Crippen LogP contribution in [0.15, 0.2) is 0 Å². The Hall–Kier alpha value is -0.0800. The van der Waals surface area contributed by atoms with E-state index in [0.717, 1.165) is 6.61 Å². The molecule has 2 heteroatoms. The molecule has 0 heterocycles. The molecule has 0 aliphatic carbocycles. The molecule has 0 spiro atoms. The summed E-state index contributed by atoms with van der Waals surface area (Å²) in [5.41, 5.74) is 6.06. The molecule has 0 saturated heterocycles. The summed E-state index contributed by atoms with van der Waals surface area (Å²) in [6.45, 7) is 12.2. The van der Waals surface area contributed by atoms with Crippen LogP contribution in [-0.4, -0.2) is 19.3 Å². The zero-order valence-electron chi connectivity index (χ0n) is 9.05. The second-order valence-electron chi connectivity index (χ2n) is 4.90. The van der Waals surface area contributed by atoms with E-state index in [9.17, 15) is 0 Å². The summed E-state index contributed by atoms with van der Waals surface area (Å²) in [5.74, 6) is 0.595. The van der Waals surface area contributed by atoms with Crippen LogP contribution < -0.4 is 5.73 Å². The molecule has 74 valence electrons. The van der Waals surface area contributed by atoms with Crippen molar-refractivity contribution in [3.8, 4) is 0 Å². The minimum Gasteiger partial charge on any atom is -0.380 e. The molecule has 0 aromatic carbocycles. The fraction of sp³-hybridized carbons (Fsp3) is 1.00. The smallest absolute Gasteiger partial charge is 0.0622 e. The molecule has 12 heavy (non-hydrogen) atoms. The molecule has 0 radical (unpaired) electrons. The van der Waals surface area contributed by atoms with Crippen LogP contribution in [0.4, 0.5) is 0 Å². The Balaban J connectivity index is 3.51. The molecule has 0 saturated carbocycles. The summed E-state index contributed by atoms with van der Waals surface area (Å²) < 4.78 is 5.46. The van der Waals surface area contributed by atoms with E-state index >= 15 is 0 Å². The van der Waals surface area contributed by atoms with Gasteiger partial charge in [0.1, 0.15) is 0 Å². The summed E-state index contributed by atoms with van der Waals surface area (Å²) >= 11 is 0. The van der Waals surface area contributed by atoms with Gasteiger partial charge in [0.25, 0.3) is 0 Å². The van der Waals surface area contributed by atoms with Gasteiger partial charge in [0.2, 0.25) is 0 Å². The summed E-state index contributed by atoms with van der Waals surface area (Å²) in [4.78, 5) is 0. The molecule has 2 nitrogen and oxygen atoms in total. The lowest BCUT2D eigenvalue weighted by Crippen LogP contribution is -2.39. The monoisotopic (exact) mass is 173 g/mol. The largest absolute Gasteiger partial charge is 0.380 e. The quantitative estimate of drug-likeness (QED) is 0.706. The Morgan fingerprint density at radius 2 is 1.67 bits per heavy atom. The summed E-state index contributed by atoms with van der Waals surface area (Å²) in [6, 6.07) is 0.135. The van der Waals surface area contributed by atoms with E-state index < -0.39 is 0 Å². The zero-order valence-corrected chi connectivity index (χ0v) is 9.05. The third kappa shape index (κ3) is 5.56. The molecule has 0 aromatic heterocycles. The van der Waals surface area contributed by atoms with Crippen LogP contribution in [-0.2, 0) is 4.74 Å². The van der Waals surface area contributed by atoms with Crippen molar-refractivity contribution in [2.75, 3.05) is 13.2 Å². The molecule has 0 amide bonds. The van der Waals surface area contributed by atoms with Gasteiger partial charge in [0.05, 0.1) is 6.61 Å². The third-order valence-electron chi connectivity index (χ3n) is 1.86. The highest BCUT2D eigenvalue weighted by molar-refractivity contribution is 4.76. The van der Waals surface area contributed by atoms with E-state index in [1.54, 1.807) is 0 Å². The van der Waals surface area contributed by atoms with Crippen LogP contribution in [0, 0.1) is 11.3 Å². The van der Waals surface area contributed by atoms with Crippen molar-refractivity contribution in [2.45, 2.75) is 40.7 Å². The maximum atomic E-state index is 5.91. The standard InChI is InChI=1S/C10H23NO/c1-8(2)6-12-7-9(11)10(3,4)5/h8-9H,6-7,11H2,1-5H3. The molecule has 0 aliphatic rings. The van der Waals surface area contributed by atoms with E-state index in [-0.39, 0.29) is 11.5 Å². The summed E-state index contributed by atoms with van der Waals surface area (Å²) in [6.07, 6.45) is 0. The molecule has 1 unspecified atom stereocenters. The van der Waals surface area contributed by atoms with E-state index in [4.69, 9.17) is 10.5 Å². The molecule has 2 N–H and O–H groups in total. The fourth-order valence-corrected chi connectivity index (χ4v) is 0.681. The lowest BCUT2D eigenvalue weighted by atomic mass is 9.88. The molecule has 0 bridgehead atoms. The van der Waals surface area contributed by atoms with Crippen LogP contribution in [0.2, 0.25) is 0 Å². The highest BCUT2D eigenvalue weighted by Crippen LogP contribution is 2.17. The maximum absolute atomic E-state index is 5.91. The molecular weight excluding hydrogens is 150 g/mol. The van der Waals surface area contributed by atoms with Crippen LogP contribution in [0.3, 0.4) is 0 Å². The SMILES string of the molecule is CC(C)COCC(N)C(C)(C)C. The van der Waals surface area contributed by atoms with Crippen molar-refractivity contribution in [3.63, 3.8) is 0 Å².